The summed E-state index contributed by atoms with van der Waals surface area (Å²) >= 11 is 1.54. The Bertz CT molecular complexity index is 793. The summed E-state index contributed by atoms with van der Waals surface area (Å²) in [5.74, 6) is 0.246. The van der Waals surface area contributed by atoms with Crippen LogP contribution in [0.4, 0.5) is 0 Å². The first kappa shape index (κ1) is 19.9. The van der Waals surface area contributed by atoms with Gasteiger partial charge >= 0.3 is 0 Å². The average Bonchev–Trinajstić information content (AvgIpc) is 2.66. The molecule has 1 N–H and O–H groups in total. The van der Waals surface area contributed by atoms with Crippen LogP contribution in [0.25, 0.3) is 11.1 Å². The van der Waals surface area contributed by atoms with Gasteiger partial charge in [-0.05, 0) is 49.4 Å². The van der Waals surface area contributed by atoms with E-state index >= 15 is 0 Å². The van der Waals surface area contributed by atoms with Crippen molar-refractivity contribution in [3.63, 3.8) is 0 Å². The van der Waals surface area contributed by atoms with E-state index in [9.17, 15) is 9.90 Å². The molecule has 2 aromatic carbocycles. The summed E-state index contributed by atoms with van der Waals surface area (Å²) in [6, 6.07) is 16.9. The van der Waals surface area contributed by atoms with Gasteiger partial charge in [0.25, 0.3) is 0 Å². The highest BCUT2D eigenvalue weighted by Crippen LogP contribution is 2.41. The summed E-state index contributed by atoms with van der Waals surface area (Å²) in [6.07, 6.45) is 1.95. The van der Waals surface area contributed by atoms with E-state index in [-0.39, 0.29) is 30.5 Å². The summed E-state index contributed by atoms with van der Waals surface area (Å²) in [6.45, 7) is 4.54. The van der Waals surface area contributed by atoms with Crippen LogP contribution in [0, 0.1) is 6.92 Å². The van der Waals surface area contributed by atoms with E-state index in [4.69, 9.17) is 0 Å². The minimum atomic E-state index is -0.146. The molecule has 1 fully saturated rings. The van der Waals surface area contributed by atoms with Crippen LogP contribution in [0.3, 0.4) is 0 Å². The Morgan fingerprint density at radius 1 is 1.19 bits per heavy atom. The number of likely N-dealkylation sites (N-methyl/N-ethyl adjacent to an activating group) is 1. The monoisotopic (exact) mass is 384 g/mol. The highest BCUT2D eigenvalue weighted by Gasteiger charge is 2.48. The third kappa shape index (κ3) is 3.91. The number of rotatable bonds is 6. The minimum absolute atomic E-state index is 0.0106. The Labute approximate surface area is 166 Å². The molecule has 1 saturated heterocycles. The Kier molecular flexibility index (Phi) is 6.25. The second-order valence-electron chi connectivity index (χ2n) is 7.22. The van der Waals surface area contributed by atoms with Crippen molar-refractivity contribution in [2.75, 3.05) is 26.5 Å². The van der Waals surface area contributed by atoms with Gasteiger partial charge in [0, 0.05) is 12.0 Å². The van der Waals surface area contributed by atoms with Crippen molar-refractivity contribution in [1.82, 2.24) is 9.21 Å². The molecule has 1 unspecified atom stereocenters. The molecule has 5 heteroatoms. The van der Waals surface area contributed by atoms with Crippen LogP contribution < -0.4 is 0 Å². The van der Waals surface area contributed by atoms with Crippen molar-refractivity contribution >= 4 is 17.9 Å². The Balaban J connectivity index is 1.77. The molecule has 0 saturated carbocycles. The lowest BCUT2D eigenvalue weighted by atomic mass is 9.75. The third-order valence-electron chi connectivity index (χ3n) is 5.63. The zero-order valence-electron chi connectivity index (χ0n) is 16.4. The van der Waals surface area contributed by atoms with E-state index in [2.05, 4.69) is 62.4 Å². The predicted molar refractivity (Wildman–Crippen MR) is 113 cm³/mol. The number of aliphatic hydroxyl groups excluding tert-OH is 1. The smallest absolute Gasteiger partial charge is 0.238 e. The van der Waals surface area contributed by atoms with E-state index in [1.807, 2.05) is 22.5 Å². The molecule has 4 nitrogen and oxygen atoms in total. The number of carbonyl (C=O) groups is 1. The molecule has 1 aliphatic heterocycles. The molecule has 3 rings (SSSR count). The molecule has 1 amide bonds. The maximum absolute atomic E-state index is 12.6. The van der Waals surface area contributed by atoms with Crippen LogP contribution in [0.1, 0.15) is 24.0 Å². The lowest BCUT2D eigenvalue weighted by Crippen LogP contribution is -2.65. The number of amides is 1. The van der Waals surface area contributed by atoms with Crippen molar-refractivity contribution in [3.8, 4) is 11.1 Å². The maximum atomic E-state index is 12.6. The number of nitrogens with zero attached hydrogens (tertiary/aromatic N) is 2. The number of hydrogen-bond acceptors (Lipinski definition) is 4. The lowest BCUT2D eigenvalue weighted by molar-refractivity contribution is -0.149. The zero-order chi connectivity index (χ0) is 19.6. The Hall–Kier alpha value is -1.82. The first-order valence-electron chi connectivity index (χ1n) is 9.31. The number of aryl methyl sites for hydroxylation is 1. The standard InChI is InChI=1S/C22H28N2O2S/c1-15-7-5-6-8-19(15)17-9-11-18(12-10-17)22-16(2)24(20(22)14-25)21(26)13-23(3)27-4/h5-12,16,20,22,25H,13-14H2,1-4H3/t16-,20+,22?/m0/s1. The molecular formula is C22H28N2O2S. The fourth-order valence-electron chi connectivity index (χ4n) is 4.10. The topological polar surface area (TPSA) is 43.8 Å². The van der Waals surface area contributed by atoms with Crippen molar-refractivity contribution in [3.05, 3.63) is 59.7 Å². The van der Waals surface area contributed by atoms with Crippen LogP contribution in [0.2, 0.25) is 0 Å². The lowest BCUT2D eigenvalue weighted by Gasteiger charge is -2.54. The average molecular weight is 385 g/mol. The van der Waals surface area contributed by atoms with Gasteiger partial charge in [-0.1, -0.05) is 60.5 Å². The molecule has 0 spiro atoms. The maximum Gasteiger partial charge on any atom is 0.238 e. The van der Waals surface area contributed by atoms with Crippen LogP contribution in [0.5, 0.6) is 0 Å². The molecule has 1 heterocycles. The van der Waals surface area contributed by atoms with Crippen molar-refractivity contribution in [2.24, 2.45) is 0 Å². The van der Waals surface area contributed by atoms with Gasteiger partial charge in [-0.25, -0.2) is 4.31 Å². The van der Waals surface area contributed by atoms with Crippen molar-refractivity contribution < 1.29 is 9.90 Å². The van der Waals surface area contributed by atoms with E-state index in [0.29, 0.717) is 6.54 Å². The summed E-state index contributed by atoms with van der Waals surface area (Å²) in [4.78, 5) is 14.4. The van der Waals surface area contributed by atoms with E-state index < -0.39 is 0 Å². The minimum Gasteiger partial charge on any atom is -0.394 e. The van der Waals surface area contributed by atoms with E-state index in [1.165, 1.54) is 34.2 Å². The summed E-state index contributed by atoms with van der Waals surface area (Å²) < 4.78 is 1.91. The summed E-state index contributed by atoms with van der Waals surface area (Å²) in [7, 11) is 1.91. The number of likely N-dealkylation sites (tertiary alicyclic amines) is 1. The van der Waals surface area contributed by atoms with Crippen LogP contribution in [-0.4, -0.2) is 58.8 Å². The first-order chi connectivity index (χ1) is 13.0. The number of hydrogen-bond donors (Lipinski definition) is 1. The zero-order valence-corrected chi connectivity index (χ0v) is 17.2. The van der Waals surface area contributed by atoms with Gasteiger partial charge in [0.2, 0.25) is 5.91 Å². The quantitative estimate of drug-likeness (QED) is 0.774. The number of benzene rings is 2. The first-order valence-corrected chi connectivity index (χ1v) is 10.5. The van der Waals surface area contributed by atoms with Gasteiger partial charge < -0.3 is 10.0 Å². The fraction of sp³-hybridized carbons (Fsp3) is 0.409. The molecule has 144 valence electrons. The molecule has 1 aliphatic rings. The normalized spacial score (nSPS) is 22.0. The third-order valence-corrected chi connectivity index (χ3v) is 6.38. The molecule has 0 aliphatic carbocycles. The molecule has 2 aromatic rings. The van der Waals surface area contributed by atoms with Crippen molar-refractivity contribution in [1.29, 1.82) is 0 Å². The molecule has 0 bridgehead atoms. The van der Waals surface area contributed by atoms with Crippen molar-refractivity contribution in [2.45, 2.75) is 31.8 Å². The second kappa shape index (κ2) is 8.46. The van der Waals surface area contributed by atoms with Crippen LogP contribution in [-0.2, 0) is 4.79 Å². The van der Waals surface area contributed by atoms with Gasteiger partial charge in [-0.15, -0.1) is 0 Å². The second-order valence-corrected chi connectivity index (χ2v) is 8.21. The van der Waals surface area contributed by atoms with Gasteiger partial charge in [0.15, 0.2) is 0 Å². The molecule has 27 heavy (non-hydrogen) atoms. The van der Waals surface area contributed by atoms with Crippen LogP contribution >= 0.6 is 11.9 Å². The Morgan fingerprint density at radius 2 is 1.85 bits per heavy atom. The van der Waals surface area contributed by atoms with Crippen LogP contribution in [0.15, 0.2) is 48.5 Å². The fourth-order valence-corrected chi connectivity index (χ4v) is 4.34. The molecule has 3 atom stereocenters. The predicted octanol–water partition coefficient (Wildman–Crippen LogP) is 3.55. The highest BCUT2D eigenvalue weighted by molar-refractivity contribution is 7.96. The van der Waals surface area contributed by atoms with E-state index in [0.717, 1.165) is 0 Å². The highest BCUT2D eigenvalue weighted by atomic mass is 32.2. The number of aliphatic hydroxyl groups is 1. The van der Waals surface area contributed by atoms with Gasteiger partial charge in [-0.3, -0.25) is 4.79 Å². The Morgan fingerprint density at radius 3 is 2.44 bits per heavy atom. The largest absolute Gasteiger partial charge is 0.394 e. The molecular weight excluding hydrogens is 356 g/mol. The summed E-state index contributed by atoms with van der Waals surface area (Å²) in [5, 5.41) is 9.90. The molecule has 0 aromatic heterocycles. The van der Waals surface area contributed by atoms with Gasteiger partial charge in [0.1, 0.15) is 0 Å². The van der Waals surface area contributed by atoms with E-state index in [1.54, 1.807) is 0 Å². The van der Waals surface area contributed by atoms with Gasteiger partial charge in [0.05, 0.1) is 19.2 Å². The SMILES string of the molecule is CSN(C)CC(=O)N1[C@H](CO)C(c2ccc(-c3ccccc3C)cc2)[C@@H]1C. The number of carbonyl (C=O) groups excluding carboxylic acids is 1. The summed E-state index contributed by atoms with van der Waals surface area (Å²) in [5.41, 5.74) is 4.87. The molecule has 0 radical (unpaired) electrons. The van der Waals surface area contributed by atoms with Gasteiger partial charge in [-0.2, -0.15) is 0 Å².